The van der Waals surface area contributed by atoms with E-state index < -0.39 is 0 Å². The van der Waals surface area contributed by atoms with Gasteiger partial charge in [-0.3, -0.25) is 0 Å². The van der Waals surface area contributed by atoms with E-state index in [9.17, 15) is 0 Å². The van der Waals surface area contributed by atoms with Crippen molar-refractivity contribution < 1.29 is 0 Å². The van der Waals surface area contributed by atoms with E-state index >= 15 is 0 Å². The first-order valence-corrected chi connectivity index (χ1v) is 6.24. The van der Waals surface area contributed by atoms with Crippen LogP contribution in [-0.2, 0) is 0 Å². The summed E-state index contributed by atoms with van der Waals surface area (Å²) >= 11 is 0. The van der Waals surface area contributed by atoms with Gasteiger partial charge in [0.1, 0.15) is 0 Å². The molecule has 0 radical (unpaired) electrons. The Balaban J connectivity index is 2.79. The van der Waals surface area contributed by atoms with Gasteiger partial charge in [0.15, 0.2) is 0 Å². The highest BCUT2D eigenvalue weighted by Gasteiger charge is 2.37. The van der Waals surface area contributed by atoms with Crippen LogP contribution in [0, 0.1) is 29.1 Å². The molecule has 0 aromatic rings. The van der Waals surface area contributed by atoms with E-state index in [0.29, 0.717) is 11.6 Å². The molecule has 0 aliphatic heterocycles. The second kappa shape index (κ2) is 4.96. The topological polar surface area (TPSA) is 23.9 Å². The summed E-state index contributed by atoms with van der Waals surface area (Å²) < 4.78 is 0. The molecule has 0 amide bonds. The number of hydrogen-bond acceptors (Lipinski definition) is 1. The molecule has 0 bridgehead atoms. The first kappa shape index (κ1) is 12.5. The van der Waals surface area contributed by atoms with Gasteiger partial charge in [0.25, 0.3) is 0 Å². The van der Waals surface area contributed by atoms with E-state index in [1.807, 2.05) is 6.92 Å². The summed E-state index contributed by atoms with van der Waals surface area (Å²) in [5.74, 6) is 3.07. The lowest BCUT2D eigenvalue weighted by Crippen LogP contribution is -2.35. The fraction of sp³-hybridized carbons (Fsp3) is 0.786. The minimum atomic E-state index is 0.644. The number of allylic oxidation sites excluding steroid dienone is 2. The third kappa shape index (κ3) is 2.70. The SMILES string of the molecule is CCC(C)/C(=C\C(C)=N)C1CC(C)C1C. The van der Waals surface area contributed by atoms with Gasteiger partial charge < -0.3 is 5.41 Å². The molecule has 0 saturated heterocycles. The zero-order chi connectivity index (χ0) is 11.6. The Labute approximate surface area is 94.5 Å². The highest BCUT2D eigenvalue weighted by Crippen LogP contribution is 2.46. The molecule has 15 heavy (non-hydrogen) atoms. The Bertz CT molecular complexity index is 265. The van der Waals surface area contributed by atoms with Crippen molar-refractivity contribution in [1.29, 1.82) is 5.41 Å². The summed E-state index contributed by atoms with van der Waals surface area (Å²) in [5, 5.41) is 7.63. The van der Waals surface area contributed by atoms with Crippen LogP contribution in [0.1, 0.15) is 47.5 Å². The third-order valence-corrected chi connectivity index (χ3v) is 4.15. The van der Waals surface area contributed by atoms with Crippen molar-refractivity contribution in [3.8, 4) is 0 Å². The Morgan fingerprint density at radius 3 is 2.40 bits per heavy atom. The van der Waals surface area contributed by atoms with Crippen LogP contribution in [0.4, 0.5) is 0 Å². The van der Waals surface area contributed by atoms with Gasteiger partial charge in [-0.15, -0.1) is 0 Å². The maximum absolute atomic E-state index is 7.63. The maximum atomic E-state index is 7.63. The third-order valence-electron chi connectivity index (χ3n) is 4.15. The van der Waals surface area contributed by atoms with Gasteiger partial charge in [0.2, 0.25) is 0 Å². The van der Waals surface area contributed by atoms with Gasteiger partial charge in [-0.1, -0.05) is 33.3 Å². The molecule has 1 heteroatoms. The van der Waals surface area contributed by atoms with E-state index in [2.05, 4.69) is 33.8 Å². The Hall–Kier alpha value is -0.590. The Morgan fingerprint density at radius 2 is 2.07 bits per heavy atom. The lowest BCUT2D eigenvalue weighted by atomic mass is 9.61. The number of nitrogens with one attached hydrogen (secondary N) is 1. The van der Waals surface area contributed by atoms with Crippen LogP contribution in [0.3, 0.4) is 0 Å². The van der Waals surface area contributed by atoms with E-state index in [0.717, 1.165) is 17.8 Å². The first-order chi connectivity index (χ1) is 6.97. The van der Waals surface area contributed by atoms with E-state index in [1.165, 1.54) is 18.4 Å². The molecule has 1 rings (SSSR count). The molecule has 1 N–H and O–H groups in total. The van der Waals surface area contributed by atoms with Crippen molar-refractivity contribution in [1.82, 2.24) is 0 Å². The molecule has 0 spiro atoms. The Kier molecular flexibility index (Phi) is 4.12. The fourth-order valence-corrected chi connectivity index (χ4v) is 2.57. The van der Waals surface area contributed by atoms with Crippen molar-refractivity contribution in [2.45, 2.75) is 47.5 Å². The number of hydrogen-bond donors (Lipinski definition) is 1. The van der Waals surface area contributed by atoms with Crippen molar-refractivity contribution >= 4 is 5.71 Å². The first-order valence-electron chi connectivity index (χ1n) is 6.24. The summed E-state index contributed by atoms with van der Waals surface area (Å²) in [4.78, 5) is 0. The van der Waals surface area contributed by atoms with Crippen LogP contribution in [0.5, 0.6) is 0 Å². The van der Waals surface area contributed by atoms with Crippen LogP contribution in [0.25, 0.3) is 0 Å². The largest absolute Gasteiger partial charge is 0.306 e. The quantitative estimate of drug-likeness (QED) is 0.665. The average Bonchev–Trinajstić information content (AvgIpc) is 2.21. The van der Waals surface area contributed by atoms with Gasteiger partial charge in [0, 0.05) is 5.71 Å². The minimum Gasteiger partial charge on any atom is -0.306 e. The van der Waals surface area contributed by atoms with E-state index in [1.54, 1.807) is 0 Å². The predicted octanol–water partition coefficient (Wildman–Crippen LogP) is 4.29. The highest BCUT2D eigenvalue weighted by molar-refractivity contribution is 5.90. The van der Waals surface area contributed by atoms with Crippen LogP contribution in [0.2, 0.25) is 0 Å². The van der Waals surface area contributed by atoms with Crippen molar-refractivity contribution in [2.75, 3.05) is 0 Å². The molecule has 86 valence electrons. The standard InChI is InChI=1S/C14H25N/c1-6-9(2)13(8-11(4)15)14-7-10(3)12(14)5/h8-10,12,14-15H,6-7H2,1-5H3/b13-8+,15-11?. The monoisotopic (exact) mass is 207 g/mol. The van der Waals surface area contributed by atoms with Crippen molar-refractivity contribution in [3.05, 3.63) is 11.6 Å². The van der Waals surface area contributed by atoms with Crippen LogP contribution >= 0.6 is 0 Å². The summed E-state index contributed by atoms with van der Waals surface area (Å²) in [6.07, 6.45) is 4.63. The molecule has 0 aromatic heterocycles. The molecule has 1 fully saturated rings. The second-order valence-corrected chi connectivity index (χ2v) is 5.32. The summed E-state index contributed by atoms with van der Waals surface area (Å²) in [7, 11) is 0. The zero-order valence-electron chi connectivity index (χ0n) is 10.8. The summed E-state index contributed by atoms with van der Waals surface area (Å²) in [5.41, 5.74) is 2.23. The molecular weight excluding hydrogens is 182 g/mol. The van der Waals surface area contributed by atoms with Gasteiger partial charge >= 0.3 is 0 Å². The predicted molar refractivity (Wildman–Crippen MR) is 67.4 cm³/mol. The fourth-order valence-electron chi connectivity index (χ4n) is 2.57. The summed E-state index contributed by atoms with van der Waals surface area (Å²) in [6.45, 7) is 11.1. The van der Waals surface area contributed by atoms with Gasteiger partial charge in [-0.25, -0.2) is 0 Å². The van der Waals surface area contributed by atoms with Crippen molar-refractivity contribution in [2.24, 2.45) is 23.7 Å². The molecular formula is C14H25N. The average molecular weight is 207 g/mol. The highest BCUT2D eigenvalue weighted by atomic mass is 14.4. The van der Waals surface area contributed by atoms with Gasteiger partial charge in [0.05, 0.1) is 0 Å². The molecule has 1 nitrogen and oxygen atoms in total. The van der Waals surface area contributed by atoms with E-state index in [-0.39, 0.29) is 0 Å². The molecule has 4 atom stereocenters. The molecule has 0 aromatic carbocycles. The molecule has 1 saturated carbocycles. The number of rotatable bonds is 4. The van der Waals surface area contributed by atoms with Crippen LogP contribution in [0.15, 0.2) is 11.6 Å². The van der Waals surface area contributed by atoms with E-state index in [4.69, 9.17) is 5.41 Å². The Morgan fingerprint density at radius 1 is 1.47 bits per heavy atom. The molecule has 1 aliphatic rings. The molecule has 4 unspecified atom stereocenters. The van der Waals surface area contributed by atoms with Gasteiger partial charge in [-0.2, -0.15) is 0 Å². The smallest absolute Gasteiger partial charge is 0.0282 e. The van der Waals surface area contributed by atoms with Gasteiger partial charge in [-0.05, 0) is 49.5 Å². The lowest BCUT2D eigenvalue weighted by molar-refractivity contribution is 0.125. The van der Waals surface area contributed by atoms with Crippen LogP contribution in [-0.4, -0.2) is 5.71 Å². The normalized spacial score (nSPS) is 33.4. The molecule has 0 heterocycles. The summed E-state index contributed by atoms with van der Waals surface area (Å²) in [6, 6.07) is 0. The second-order valence-electron chi connectivity index (χ2n) is 5.32. The van der Waals surface area contributed by atoms with Crippen LogP contribution < -0.4 is 0 Å². The lowest BCUT2D eigenvalue weighted by Gasteiger charge is -2.44. The van der Waals surface area contributed by atoms with Crippen molar-refractivity contribution in [3.63, 3.8) is 0 Å². The molecule has 1 aliphatic carbocycles. The zero-order valence-corrected chi connectivity index (χ0v) is 10.8. The maximum Gasteiger partial charge on any atom is 0.0282 e. The minimum absolute atomic E-state index is 0.644.